The van der Waals surface area contributed by atoms with Crippen molar-refractivity contribution in [1.29, 1.82) is 0 Å². The zero-order valence-electron chi connectivity index (χ0n) is 11.9. The fraction of sp³-hybridized carbons (Fsp3) is 0.375. The molecule has 1 aromatic carbocycles. The maximum absolute atomic E-state index is 4.37. The van der Waals surface area contributed by atoms with Crippen LogP contribution in [0.3, 0.4) is 0 Å². The van der Waals surface area contributed by atoms with Crippen LogP contribution in [-0.4, -0.2) is 16.5 Å². The summed E-state index contributed by atoms with van der Waals surface area (Å²) in [6, 6.07) is 8.93. The van der Waals surface area contributed by atoms with Gasteiger partial charge in [0.05, 0.1) is 11.7 Å². The van der Waals surface area contributed by atoms with Gasteiger partial charge < -0.3 is 5.32 Å². The Morgan fingerprint density at radius 2 is 1.89 bits per heavy atom. The zero-order valence-corrected chi connectivity index (χ0v) is 11.9. The molecule has 0 fully saturated rings. The first-order valence-electron chi connectivity index (χ1n) is 6.75. The molecule has 1 atom stereocenters. The second-order valence-corrected chi connectivity index (χ2v) is 4.94. The number of benzene rings is 1. The van der Waals surface area contributed by atoms with Crippen molar-refractivity contribution in [1.82, 2.24) is 15.3 Å². The highest BCUT2D eigenvalue weighted by molar-refractivity contribution is 5.29. The lowest BCUT2D eigenvalue weighted by Gasteiger charge is -2.17. The molecule has 0 saturated carbocycles. The molecule has 2 aromatic rings. The van der Waals surface area contributed by atoms with E-state index in [9.17, 15) is 0 Å². The molecule has 1 heterocycles. The first-order chi connectivity index (χ1) is 9.19. The quantitative estimate of drug-likeness (QED) is 0.892. The third kappa shape index (κ3) is 3.86. The first kappa shape index (κ1) is 13.7. The van der Waals surface area contributed by atoms with Crippen LogP contribution in [0.1, 0.15) is 35.3 Å². The van der Waals surface area contributed by atoms with Crippen molar-refractivity contribution in [3.63, 3.8) is 0 Å². The minimum absolute atomic E-state index is 0.245. The lowest BCUT2D eigenvalue weighted by atomic mass is 9.99. The van der Waals surface area contributed by atoms with Gasteiger partial charge >= 0.3 is 0 Å². The van der Waals surface area contributed by atoms with Gasteiger partial charge in [0, 0.05) is 6.20 Å². The van der Waals surface area contributed by atoms with Gasteiger partial charge in [-0.3, -0.25) is 0 Å². The molecule has 3 nitrogen and oxygen atoms in total. The second-order valence-electron chi connectivity index (χ2n) is 4.94. The Morgan fingerprint density at radius 1 is 1.16 bits per heavy atom. The fourth-order valence-electron chi connectivity index (χ4n) is 2.46. The van der Waals surface area contributed by atoms with Crippen LogP contribution in [0.2, 0.25) is 0 Å². The van der Waals surface area contributed by atoms with E-state index in [0.29, 0.717) is 0 Å². The summed E-state index contributed by atoms with van der Waals surface area (Å²) >= 11 is 0. The second kappa shape index (κ2) is 6.43. The average molecular weight is 255 g/mol. The predicted molar refractivity (Wildman–Crippen MR) is 78.1 cm³/mol. The molecule has 1 aromatic heterocycles. The molecule has 2 rings (SSSR count). The van der Waals surface area contributed by atoms with E-state index in [4.69, 9.17) is 0 Å². The number of nitrogens with zero attached hydrogens (tertiary/aromatic N) is 2. The summed E-state index contributed by atoms with van der Waals surface area (Å²) in [5.74, 6) is 0. The summed E-state index contributed by atoms with van der Waals surface area (Å²) in [6.45, 7) is 7.34. The number of aryl methyl sites for hydroxylation is 2. The van der Waals surface area contributed by atoms with Crippen molar-refractivity contribution in [2.45, 2.75) is 33.2 Å². The standard InChI is InChI=1S/C16H21N3/c1-4-18-16(15-5-6-17-11-19-15)10-14-8-12(2)7-13(3)9-14/h5-9,11,16,18H,4,10H2,1-3H3. The number of aromatic nitrogens is 2. The monoisotopic (exact) mass is 255 g/mol. The third-order valence-electron chi connectivity index (χ3n) is 3.13. The van der Waals surface area contributed by atoms with E-state index in [0.717, 1.165) is 18.7 Å². The van der Waals surface area contributed by atoms with Gasteiger partial charge in [0.15, 0.2) is 0 Å². The Morgan fingerprint density at radius 3 is 2.47 bits per heavy atom. The molecule has 0 aliphatic rings. The molecule has 0 bridgehead atoms. The van der Waals surface area contributed by atoms with Gasteiger partial charge in [-0.05, 0) is 38.4 Å². The minimum Gasteiger partial charge on any atom is -0.309 e. The summed E-state index contributed by atoms with van der Waals surface area (Å²) in [6.07, 6.45) is 4.36. The predicted octanol–water partition coefficient (Wildman–Crippen LogP) is 2.99. The van der Waals surface area contributed by atoms with Crippen molar-refractivity contribution in [2.75, 3.05) is 6.54 Å². The third-order valence-corrected chi connectivity index (χ3v) is 3.13. The van der Waals surface area contributed by atoms with Crippen molar-refractivity contribution in [3.05, 3.63) is 59.2 Å². The lowest BCUT2D eigenvalue weighted by molar-refractivity contribution is 0.535. The lowest BCUT2D eigenvalue weighted by Crippen LogP contribution is -2.24. The maximum atomic E-state index is 4.37. The SMILES string of the molecule is CCNC(Cc1cc(C)cc(C)c1)c1ccncn1. The van der Waals surface area contributed by atoms with Crippen LogP contribution in [0.25, 0.3) is 0 Å². The highest BCUT2D eigenvalue weighted by atomic mass is 14.9. The van der Waals surface area contributed by atoms with Crippen molar-refractivity contribution in [2.24, 2.45) is 0 Å². The highest BCUT2D eigenvalue weighted by Crippen LogP contribution is 2.18. The van der Waals surface area contributed by atoms with Crippen molar-refractivity contribution >= 4 is 0 Å². The number of rotatable bonds is 5. The molecule has 0 amide bonds. The van der Waals surface area contributed by atoms with Crippen LogP contribution in [0.4, 0.5) is 0 Å². The summed E-state index contributed by atoms with van der Waals surface area (Å²) in [4.78, 5) is 8.35. The van der Waals surface area contributed by atoms with E-state index < -0.39 is 0 Å². The number of likely N-dealkylation sites (N-methyl/N-ethyl adjacent to an activating group) is 1. The molecule has 0 aliphatic heterocycles. The van der Waals surface area contributed by atoms with Crippen LogP contribution in [0.15, 0.2) is 36.8 Å². The van der Waals surface area contributed by atoms with Crippen LogP contribution in [-0.2, 0) is 6.42 Å². The Hall–Kier alpha value is -1.74. The summed E-state index contributed by atoms with van der Waals surface area (Å²) in [5.41, 5.74) is 5.03. The van der Waals surface area contributed by atoms with E-state index >= 15 is 0 Å². The summed E-state index contributed by atoms with van der Waals surface area (Å²) in [7, 11) is 0. The van der Waals surface area contributed by atoms with Gasteiger partial charge in [-0.2, -0.15) is 0 Å². The Bertz CT molecular complexity index is 503. The van der Waals surface area contributed by atoms with Gasteiger partial charge in [-0.15, -0.1) is 0 Å². The molecule has 0 saturated heterocycles. The molecular weight excluding hydrogens is 234 g/mol. The van der Waals surface area contributed by atoms with Crippen LogP contribution in [0, 0.1) is 13.8 Å². The van der Waals surface area contributed by atoms with E-state index in [2.05, 4.69) is 54.3 Å². The number of nitrogens with one attached hydrogen (secondary N) is 1. The first-order valence-corrected chi connectivity index (χ1v) is 6.75. The van der Waals surface area contributed by atoms with Gasteiger partial charge in [0.2, 0.25) is 0 Å². The smallest absolute Gasteiger partial charge is 0.115 e. The molecule has 1 N–H and O–H groups in total. The Balaban J connectivity index is 2.21. The maximum Gasteiger partial charge on any atom is 0.115 e. The van der Waals surface area contributed by atoms with Gasteiger partial charge in [0.25, 0.3) is 0 Å². The van der Waals surface area contributed by atoms with Crippen LogP contribution >= 0.6 is 0 Å². The van der Waals surface area contributed by atoms with E-state index in [1.165, 1.54) is 16.7 Å². The fourth-order valence-corrected chi connectivity index (χ4v) is 2.46. The molecule has 1 unspecified atom stereocenters. The normalized spacial score (nSPS) is 12.4. The van der Waals surface area contributed by atoms with Crippen molar-refractivity contribution < 1.29 is 0 Å². The molecule has 0 radical (unpaired) electrons. The molecular formula is C16H21N3. The van der Waals surface area contributed by atoms with E-state index in [-0.39, 0.29) is 6.04 Å². The van der Waals surface area contributed by atoms with Gasteiger partial charge in [-0.1, -0.05) is 36.2 Å². The van der Waals surface area contributed by atoms with Crippen LogP contribution in [0.5, 0.6) is 0 Å². The number of hydrogen-bond donors (Lipinski definition) is 1. The van der Waals surface area contributed by atoms with Gasteiger partial charge in [0.1, 0.15) is 6.33 Å². The van der Waals surface area contributed by atoms with E-state index in [1.54, 1.807) is 12.5 Å². The molecule has 19 heavy (non-hydrogen) atoms. The molecule has 0 spiro atoms. The zero-order chi connectivity index (χ0) is 13.7. The summed E-state index contributed by atoms with van der Waals surface area (Å²) < 4.78 is 0. The van der Waals surface area contributed by atoms with E-state index in [1.807, 2.05) is 6.07 Å². The molecule has 3 heteroatoms. The van der Waals surface area contributed by atoms with Crippen LogP contribution < -0.4 is 5.32 Å². The Labute approximate surface area is 115 Å². The average Bonchev–Trinajstić information content (AvgIpc) is 2.38. The minimum atomic E-state index is 0.245. The topological polar surface area (TPSA) is 37.8 Å². The summed E-state index contributed by atoms with van der Waals surface area (Å²) in [5, 5.41) is 3.50. The van der Waals surface area contributed by atoms with Crippen molar-refractivity contribution in [3.8, 4) is 0 Å². The molecule has 100 valence electrons. The largest absolute Gasteiger partial charge is 0.309 e. The molecule has 0 aliphatic carbocycles. The van der Waals surface area contributed by atoms with Gasteiger partial charge in [-0.25, -0.2) is 9.97 Å². The highest BCUT2D eigenvalue weighted by Gasteiger charge is 2.12. The Kier molecular flexibility index (Phi) is 4.63. The number of hydrogen-bond acceptors (Lipinski definition) is 3.